The van der Waals surface area contributed by atoms with Gasteiger partial charge in [-0.15, -0.1) is 0 Å². The highest BCUT2D eigenvalue weighted by Crippen LogP contribution is 2.35. The molecule has 184 valence electrons. The van der Waals surface area contributed by atoms with Crippen LogP contribution in [0, 0.1) is 0 Å². The third kappa shape index (κ3) is 4.35. The predicted molar refractivity (Wildman–Crippen MR) is 136 cm³/mol. The fraction of sp³-hybridized carbons (Fsp3) is 0.269. The number of H-pyrrole nitrogens is 1. The topological polar surface area (TPSA) is 108 Å². The van der Waals surface area contributed by atoms with Crippen molar-refractivity contribution < 1.29 is 19.1 Å². The van der Waals surface area contributed by atoms with Crippen LogP contribution >= 0.6 is 11.3 Å². The average Bonchev–Trinajstić information content (AvgIpc) is 3.55. The van der Waals surface area contributed by atoms with E-state index in [1.807, 2.05) is 38.1 Å². The first-order chi connectivity index (χ1) is 17.5. The molecule has 1 fully saturated rings. The Hall–Kier alpha value is -4.05. The van der Waals surface area contributed by atoms with E-state index in [0.717, 1.165) is 10.4 Å². The van der Waals surface area contributed by atoms with Crippen molar-refractivity contribution in [1.29, 1.82) is 0 Å². The van der Waals surface area contributed by atoms with Crippen molar-refractivity contribution in [3.63, 3.8) is 0 Å². The number of piperazine rings is 1. The minimum atomic E-state index is -0.625. The Morgan fingerprint density at radius 2 is 1.94 bits per heavy atom. The maximum atomic E-state index is 13.3. The van der Waals surface area contributed by atoms with Crippen LogP contribution in [0.4, 0.5) is 0 Å². The van der Waals surface area contributed by atoms with Gasteiger partial charge < -0.3 is 19.5 Å². The average molecular weight is 504 g/mol. The Labute approximate surface area is 211 Å². The standard InChI is InChI=1S/C26H25N5O4S/c1-3-35-26-29-14-20(36-26)18-9-10-27-22-19(13-28-21(18)22)23(32)25(34)31-12-11-30(15-16(31)2)24(33)17-7-5-4-6-8-17/h4-10,13-14,16,28H,3,11-12,15H2,1-2H3. The van der Waals surface area contributed by atoms with Crippen LogP contribution in [0.25, 0.3) is 21.5 Å². The Balaban J connectivity index is 1.34. The van der Waals surface area contributed by atoms with Gasteiger partial charge in [0.25, 0.3) is 22.8 Å². The van der Waals surface area contributed by atoms with Crippen LogP contribution in [-0.2, 0) is 4.79 Å². The Morgan fingerprint density at radius 3 is 2.69 bits per heavy atom. The maximum Gasteiger partial charge on any atom is 0.295 e. The van der Waals surface area contributed by atoms with Gasteiger partial charge in [-0.05, 0) is 32.0 Å². The summed E-state index contributed by atoms with van der Waals surface area (Å²) in [7, 11) is 0. The number of nitrogens with zero attached hydrogens (tertiary/aromatic N) is 4. The number of hydrogen-bond acceptors (Lipinski definition) is 7. The number of rotatable bonds is 6. The van der Waals surface area contributed by atoms with Crippen LogP contribution in [0.1, 0.15) is 34.6 Å². The highest BCUT2D eigenvalue weighted by Gasteiger charge is 2.34. The van der Waals surface area contributed by atoms with E-state index in [9.17, 15) is 14.4 Å². The molecular formula is C26H25N5O4S. The van der Waals surface area contributed by atoms with Gasteiger partial charge in [-0.25, -0.2) is 4.98 Å². The summed E-state index contributed by atoms with van der Waals surface area (Å²) in [5.74, 6) is -1.30. The first kappa shape index (κ1) is 23.7. The monoisotopic (exact) mass is 503 g/mol. The summed E-state index contributed by atoms with van der Waals surface area (Å²) < 4.78 is 5.47. The van der Waals surface area contributed by atoms with E-state index < -0.39 is 11.7 Å². The lowest BCUT2D eigenvalue weighted by molar-refractivity contribution is -0.130. The molecule has 4 heterocycles. The normalized spacial score (nSPS) is 15.8. The van der Waals surface area contributed by atoms with Gasteiger partial charge in [-0.1, -0.05) is 29.5 Å². The number of hydrogen-bond donors (Lipinski definition) is 1. The third-order valence-corrected chi connectivity index (χ3v) is 7.16. The number of aromatic amines is 1. The van der Waals surface area contributed by atoms with Gasteiger partial charge >= 0.3 is 0 Å². The number of ketones is 1. The van der Waals surface area contributed by atoms with Gasteiger partial charge in [0.05, 0.1) is 28.1 Å². The molecular weight excluding hydrogens is 478 g/mol. The molecule has 9 nitrogen and oxygen atoms in total. The van der Waals surface area contributed by atoms with Gasteiger partial charge in [0.2, 0.25) is 0 Å². The maximum absolute atomic E-state index is 13.3. The third-order valence-electron chi connectivity index (χ3n) is 6.22. The number of amides is 2. The minimum absolute atomic E-state index is 0.0789. The van der Waals surface area contributed by atoms with Crippen LogP contribution in [-0.4, -0.2) is 74.6 Å². The number of thiazole rings is 1. The first-order valence-electron chi connectivity index (χ1n) is 11.7. The van der Waals surface area contributed by atoms with Gasteiger partial charge in [-0.3, -0.25) is 19.4 Å². The molecule has 1 saturated heterocycles. The Bertz CT molecular complexity index is 1430. The molecule has 0 bridgehead atoms. The summed E-state index contributed by atoms with van der Waals surface area (Å²) in [6, 6.07) is 10.6. The number of fused-ring (bicyclic) bond motifs is 1. The smallest absolute Gasteiger partial charge is 0.295 e. The molecule has 0 spiro atoms. The summed E-state index contributed by atoms with van der Waals surface area (Å²) in [4.78, 5) is 55.2. The highest BCUT2D eigenvalue weighted by molar-refractivity contribution is 7.16. The number of benzene rings is 1. The lowest BCUT2D eigenvalue weighted by Crippen LogP contribution is -2.56. The molecule has 4 aromatic rings. The van der Waals surface area contributed by atoms with Crippen LogP contribution in [0.3, 0.4) is 0 Å². The molecule has 0 radical (unpaired) electrons. The van der Waals surface area contributed by atoms with Crippen LogP contribution in [0.15, 0.2) is 55.0 Å². The molecule has 1 aliphatic heterocycles. The van der Waals surface area contributed by atoms with E-state index in [1.54, 1.807) is 29.4 Å². The van der Waals surface area contributed by atoms with Crippen LogP contribution in [0.2, 0.25) is 0 Å². The number of nitrogens with one attached hydrogen (secondary N) is 1. The molecule has 1 unspecified atom stereocenters. The Morgan fingerprint density at radius 1 is 1.14 bits per heavy atom. The molecule has 0 saturated carbocycles. The van der Waals surface area contributed by atoms with E-state index >= 15 is 0 Å². The van der Waals surface area contributed by atoms with Gasteiger partial charge in [0, 0.05) is 55.4 Å². The van der Waals surface area contributed by atoms with Gasteiger partial charge in [-0.2, -0.15) is 0 Å². The van der Waals surface area contributed by atoms with Crippen molar-refractivity contribution in [2.75, 3.05) is 26.2 Å². The van der Waals surface area contributed by atoms with Crippen molar-refractivity contribution in [3.05, 3.63) is 66.1 Å². The number of aromatic nitrogens is 3. The number of ether oxygens (including phenoxy) is 1. The summed E-state index contributed by atoms with van der Waals surface area (Å²) in [5, 5.41) is 0.564. The largest absolute Gasteiger partial charge is 0.470 e. The number of pyridine rings is 1. The number of carbonyl (C=O) groups excluding carboxylic acids is 3. The summed E-state index contributed by atoms with van der Waals surface area (Å²) >= 11 is 1.40. The van der Waals surface area contributed by atoms with Gasteiger partial charge in [0.1, 0.15) is 0 Å². The SMILES string of the molecule is CCOc1ncc(-c2ccnc3c(C(=O)C(=O)N4CCN(C(=O)c5ccccc5)CC4C)c[nH]c23)s1. The second-order valence-electron chi connectivity index (χ2n) is 8.50. The van der Waals surface area contributed by atoms with Gasteiger partial charge in [0.15, 0.2) is 0 Å². The van der Waals surface area contributed by atoms with Crippen molar-refractivity contribution in [1.82, 2.24) is 24.8 Å². The van der Waals surface area contributed by atoms with Crippen molar-refractivity contribution in [2.45, 2.75) is 19.9 Å². The summed E-state index contributed by atoms with van der Waals surface area (Å²) in [5.41, 5.74) is 2.75. The van der Waals surface area contributed by atoms with Crippen LogP contribution < -0.4 is 4.74 Å². The second-order valence-corrected chi connectivity index (χ2v) is 9.49. The zero-order valence-corrected chi connectivity index (χ0v) is 20.7. The molecule has 2 amide bonds. The number of carbonyl (C=O) groups is 3. The molecule has 0 aliphatic carbocycles. The number of Topliss-reactive ketones (excluding diaryl/α,β-unsaturated/α-hetero) is 1. The van der Waals surface area contributed by atoms with E-state index in [1.165, 1.54) is 22.4 Å². The predicted octanol–water partition coefficient (Wildman–Crippen LogP) is 3.64. The van der Waals surface area contributed by atoms with Crippen molar-refractivity contribution in [2.24, 2.45) is 0 Å². The highest BCUT2D eigenvalue weighted by atomic mass is 32.1. The molecule has 5 rings (SSSR count). The molecule has 1 aromatic carbocycles. The van der Waals surface area contributed by atoms with E-state index in [0.29, 0.717) is 41.5 Å². The van der Waals surface area contributed by atoms with Crippen molar-refractivity contribution >= 4 is 40.0 Å². The fourth-order valence-electron chi connectivity index (χ4n) is 4.43. The quantitative estimate of drug-likeness (QED) is 0.318. The van der Waals surface area contributed by atoms with Crippen molar-refractivity contribution in [3.8, 4) is 15.6 Å². The molecule has 1 aliphatic rings. The molecule has 3 aromatic heterocycles. The van der Waals surface area contributed by atoms with Crippen LogP contribution in [0.5, 0.6) is 5.19 Å². The first-order valence-corrected chi connectivity index (χ1v) is 12.5. The van der Waals surface area contributed by atoms with E-state index in [-0.39, 0.29) is 24.1 Å². The van der Waals surface area contributed by atoms with E-state index in [2.05, 4.69) is 15.0 Å². The lowest BCUT2D eigenvalue weighted by atomic mass is 10.1. The Kier molecular flexibility index (Phi) is 6.51. The molecule has 1 N–H and O–H groups in total. The zero-order valence-electron chi connectivity index (χ0n) is 19.9. The summed E-state index contributed by atoms with van der Waals surface area (Å²) in [6.45, 7) is 5.27. The fourth-order valence-corrected chi connectivity index (χ4v) is 5.28. The zero-order chi connectivity index (χ0) is 25.2. The van der Waals surface area contributed by atoms with E-state index in [4.69, 9.17) is 4.74 Å². The minimum Gasteiger partial charge on any atom is -0.470 e. The lowest BCUT2D eigenvalue weighted by Gasteiger charge is -2.39. The summed E-state index contributed by atoms with van der Waals surface area (Å²) in [6.07, 6.45) is 4.87. The molecule has 1 atom stereocenters. The molecule has 10 heteroatoms. The second kappa shape index (κ2) is 9.90. The molecule has 36 heavy (non-hydrogen) atoms.